The molecule has 1 amide bonds. The number of methoxy groups -OCH3 is 1. The van der Waals surface area contributed by atoms with E-state index in [1.54, 1.807) is 54.7 Å². The molecule has 0 atom stereocenters. The molecule has 0 bridgehead atoms. The van der Waals surface area contributed by atoms with Gasteiger partial charge in [-0.2, -0.15) is 0 Å². The molecule has 0 saturated carbocycles. The fourth-order valence-electron chi connectivity index (χ4n) is 2.27. The Labute approximate surface area is 154 Å². The van der Waals surface area contributed by atoms with E-state index in [2.05, 4.69) is 15.9 Å². The number of benzene rings is 1. The van der Waals surface area contributed by atoms with Crippen molar-refractivity contribution in [3.63, 3.8) is 0 Å². The highest BCUT2D eigenvalue weighted by molar-refractivity contribution is 9.10. The van der Waals surface area contributed by atoms with Crippen LogP contribution in [0.4, 0.5) is 0 Å². The van der Waals surface area contributed by atoms with Gasteiger partial charge >= 0.3 is 0 Å². The van der Waals surface area contributed by atoms with Gasteiger partial charge in [0.15, 0.2) is 5.78 Å². The number of Topliss-reactive ketones (excluding diaryl/α,β-unsaturated/α-hetero) is 1. The van der Waals surface area contributed by atoms with Crippen LogP contribution in [-0.4, -0.2) is 30.7 Å². The van der Waals surface area contributed by atoms with Crippen molar-refractivity contribution < 1.29 is 14.3 Å². The molecule has 2 aromatic rings. The van der Waals surface area contributed by atoms with Crippen molar-refractivity contribution in [3.8, 4) is 5.75 Å². The number of amides is 1. The Morgan fingerprint density at radius 1 is 1.21 bits per heavy atom. The lowest BCUT2D eigenvalue weighted by atomic mass is 10.1. The number of ether oxygens (including phenoxy) is 1. The Morgan fingerprint density at radius 3 is 2.50 bits per heavy atom. The highest BCUT2D eigenvalue weighted by Crippen LogP contribution is 2.21. The molecule has 0 spiro atoms. The van der Waals surface area contributed by atoms with Crippen molar-refractivity contribution in [1.29, 1.82) is 0 Å². The highest BCUT2D eigenvalue weighted by atomic mass is 79.9. The van der Waals surface area contributed by atoms with Crippen molar-refractivity contribution in [3.05, 3.63) is 50.6 Å². The number of carbonyl (C=O) groups excluding carboxylic acids is 2. The van der Waals surface area contributed by atoms with Crippen LogP contribution < -0.4 is 4.74 Å². The largest absolute Gasteiger partial charge is 0.497 e. The lowest BCUT2D eigenvalue weighted by Crippen LogP contribution is -2.25. The SMILES string of the molecule is COc1ccc(C(=O)CCCC(=O)N(C)Cc2cc(Br)cs2)cc1. The van der Waals surface area contributed by atoms with Gasteiger partial charge in [-0.15, -0.1) is 11.3 Å². The average molecular weight is 410 g/mol. The minimum absolute atomic E-state index is 0.0512. The summed E-state index contributed by atoms with van der Waals surface area (Å²) in [7, 11) is 3.38. The number of carbonyl (C=O) groups is 2. The van der Waals surface area contributed by atoms with Gasteiger partial charge in [0, 0.05) is 40.2 Å². The van der Waals surface area contributed by atoms with E-state index in [4.69, 9.17) is 4.74 Å². The maximum Gasteiger partial charge on any atom is 0.222 e. The molecule has 128 valence electrons. The smallest absolute Gasteiger partial charge is 0.222 e. The van der Waals surface area contributed by atoms with Crippen LogP contribution in [0.3, 0.4) is 0 Å². The first-order chi connectivity index (χ1) is 11.5. The zero-order valence-electron chi connectivity index (χ0n) is 13.8. The third-order valence-electron chi connectivity index (χ3n) is 3.65. The fraction of sp³-hybridized carbons (Fsp3) is 0.333. The van der Waals surface area contributed by atoms with Crippen LogP contribution in [0.5, 0.6) is 5.75 Å². The lowest BCUT2D eigenvalue weighted by Gasteiger charge is -2.16. The minimum Gasteiger partial charge on any atom is -0.497 e. The summed E-state index contributed by atoms with van der Waals surface area (Å²) in [5, 5.41) is 2.00. The van der Waals surface area contributed by atoms with E-state index in [0.717, 1.165) is 15.1 Å². The molecule has 4 nitrogen and oxygen atoms in total. The van der Waals surface area contributed by atoms with Gasteiger partial charge in [0.1, 0.15) is 5.75 Å². The van der Waals surface area contributed by atoms with Gasteiger partial charge in [-0.3, -0.25) is 9.59 Å². The maximum absolute atomic E-state index is 12.1. The number of halogens is 1. The van der Waals surface area contributed by atoms with Crippen molar-refractivity contribution in [2.75, 3.05) is 14.2 Å². The number of rotatable bonds is 8. The third-order valence-corrected chi connectivity index (χ3v) is 5.33. The van der Waals surface area contributed by atoms with E-state index in [0.29, 0.717) is 31.4 Å². The predicted molar refractivity (Wildman–Crippen MR) is 99.7 cm³/mol. The summed E-state index contributed by atoms with van der Waals surface area (Å²) in [6.45, 7) is 0.599. The van der Waals surface area contributed by atoms with Gasteiger partial charge in [0.2, 0.25) is 5.91 Å². The van der Waals surface area contributed by atoms with Crippen LogP contribution in [0, 0.1) is 0 Å². The average Bonchev–Trinajstić information content (AvgIpc) is 2.99. The molecule has 24 heavy (non-hydrogen) atoms. The Balaban J connectivity index is 1.75. The topological polar surface area (TPSA) is 46.6 Å². The molecule has 0 aliphatic carbocycles. The first-order valence-corrected chi connectivity index (χ1v) is 9.31. The predicted octanol–water partition coefficient (Wildman–Crippen LogP) is 4.53. The van der Waals surface area contributed by atoms with Gasteiger partial charge in [0.25, 0.3) is 0 Å². The molecular weight excluding hydrogens is 390 g/mol. The van der Waals surface area contributed by atoms with Gasteiger partial charge in [-0.1, -0.05) is 0 Å². The summed E-state index contributed by atoms with van der Waals surface area (Å²) in [5.74, 6) is 0.834. The fourth-order valence-corrected chi connectivity index (χ4v) is 3.77. The first kappa shape index (κ1) is 18.7. The summed E-state index contributed by atoms with van der Waals surface area (Å²) in [5.41, 5.74) is 0.653. The number of hydrogen-bond acceptors (Lipinski definition) is 4. The molecule has 1 aromatic heterocycles. The van der Waals surface area contributed by atoms with Crippen LogP contribution in [-0.2, 0) is 11.3 Å². The van der Waals surface area contributed by atoms with Crippen molar-refractivity contribution >= 4 is 39.0 Å². The molecule has 0 aliphatic heterocycles. The molecule has 6 heteroatoms. The van der Waals surface area contributed by atoms with E-state index >= 15 is 0 Å². The summed E-state index contributed by atoms with van der Waals surface area (Å²) in [6, 6.07) is 9.06. The Morgan fingerprint density at radius 2 is 1.92 bits per heavy atom. The monoisotopic (exact) mass is 409 g/mol. The second-order valence-corrected chi connectivity index (χ2v) is 7.40. The molecule has 1 heterocycles. The second-order valence-electron chi connectivity index (χ2n) is 5.49. The zero-order valence-corrected chi connectivity index (χ0v) is 16.2. The number of nitrogens with zero attached hydrogens (tertiary/aromatic N) is 1. The van der Waals surface area contributed by atoms with Crippen LogP contribution >= 0.6 is 27.3 Å². The van der Waals surface area contributed by atoms with Crippen LogP contribution in [0.1, 0.15) is 34.5 Å². The summed E-state index contributed by atoms with van der Waals surface area (Å²) < 4.78 is 6.11. The standard InChI is InChI=1S/C18H20BrNO3S/c1-20(11-16-10-14(19)12-24-16)18(22)5-3-4-17(21)13-6-8-15(23-2)9-7-13/h6-10,12H,3-5,11H2,1-2H3. The summed E-state index contributed by atoms with van der Waals surface area (Å²) in [6.07, 6.45) is 1.31. The normalized spacial score (nSPS) is 10.5. The molecular formula is C18H20BrNO3S. The van der Waals surface area contributed by atoms with E-state index in [-0.39, 0.29) is 11.7 Å². The van der Waals surface area contributed by atoms with Gasteiger partial charge in [0.05, 0.1) is 13.7 Å². The number of ketones is 1. The minimum atomic E-state index is 0.0512. The van der Waals surface area contributed by atoms with E-state index in [1.807, 2.05) is 11.4 Å². The molecule has 0 aliphatic rings. The Hall–Kier alpha value is -1.66. The maximum atomic E-state index is 12.1. The molecule has 0 N–H and O–H groups in total. The molecule has 0 radical (unpaired) electrons. The van der Waals surface area contributed by atoms with Crippen molar-refractivity contribution in [1.82, 2.24) is 4.90 Å². The summed E-state index contributed by atoms with van der Waals surface area (Å²) >= 11 is 5.03. The van der Waals surface area contributed by atoms with E-state index < -0.39 is 0 Å². The van der Waals surface area contributed by atoms with E-state index in [1.165, 1.54) is 0 Å². The molecule has 1 aromatic carbocycles. The number of thiophene rings is 1. The highest BCUT2D eigenvalue weighted by Gasteiger charge is 2.12. The van der Waals surface area contributed by atoms with Gasteiger partial charge in [-0.25, -0.2) is 0 Å². The first-order valence-electron chi connectivity index (χ1n) is 7.63. The summed E-state index contributed by atoms with van der Waals surface area (Å²) in [4.78, 5) is 27.1. The number of hydrogen-bond donors (Lipinski definition) is 0. The molecule has 0 saturated heterocycles. The van der Waals surface area contributed by atoms with Gasteiger partial charge in [-0.05, 0) is 52.7 Å². The van der Waals surface area contributed by atoms with Gasteiger partial charge < -0.3 is 9.64 Å². The van der Waals surface area contributed by atoms with E-state index in [9.17, 15) is 9.59 Å². The quantitative estimate of drug-likeness (QED) is 0.601. The Bertz CT molecular complexity index is 697. The third kappa shape index (κ3) is 5.46. The lowest BCUT2D eigenvalue weighted by molar-refractivity contribution is -0.130. The molecule has 0 unspecified atom stereocenters. The van der Waals surface area contributed by atoms with Crippen molar-refractivity contribution in [2.45, 2.75) is 25.8 Å². The van der Waals surface area contributed by atoms with Crippen LogP contribution in [0.25, 0.3) is 0 Å². The van der Waals surface area contributed by atoms with Crippen molar-refractivity contribution in [2.24, 2.45) is 0 Å². The Kier molecular flexibility index (Phi) is 6.99. The second kappa shape index (κ2) is 8.99. The zero-order chi connectivity index (χ0) is 17.5. The molecule has 2 rings (SSSR count). The van der Waals surface area contributed by atoms with Crippen LogP contribution in [0.15, 0.2) is 40.2 Å². The molecule has 0 fully saturated rings. The van der Waals surface area contributed by atoms with Crippen LogP contribution in [0.2, 0.25) is 0 Å².